The van der Waals surface area contributed by atoms with E-state index in [1.165, 1.54) is 6.92 Å². The lowest BCUT2D eigenvalue weighted by Crippen LogP contribution is -2.49. The first-order valence-electron chi connectivity index (χ1n) is 12.5. The van der Waals surface area contributed by atoms with Crippen LogP contribution in [0.4, 0.5) is 0 Å². The molecule has 0 aromatic heterocycles. The summed E-state index contributed by atoms with van der Waals surface area (Å²) in [5, 5.41) is 9.34. The molecule has 2 fully saturated rings. The molecule has 3 heterocycles. The van der Waals surface area contributed by atoms with E-state index in [0.717, 1.165) is 24.5 Å². The average molecular weight is 482 g/mol. The number of amides is 2. The van der Waals surface area contributed by atoms with Crippen LogP contribution in [0.3, 0.4) is 0 Å². The molecule has 0 aliphatic carbocycles. The Bertz CT molecular complexity index is 1150. The van der Waals surface area contributed by atoms with Gasteiger partial charge in [-0.25, -0.2) is 0 Å². The van der Waals surface area contributed by atoms with Crippen LogP contribution in [0.25, 0.3) is 6.08 Å². The van der Waals surface area contributed by atoms with Crippen LogP contribution in [0.2, 0.25) is 0 Å². The van der Waals surface area contributed by atoms with Gasteiger partial charge in [-0.15, -0.1) is 0 Å². The maximum atomic E-state index is 13.4. The highest BCUT2D eigenvalue weighted by Gasteiger charge is 2.40. The van der Waals surface area contributed by atoms with Crippen LogP contribution >= 0.6 is 0 Å². The van der Waals surface area contributed by atoms with E-state index in [9.17, 15) is 14.4 Å². The Kier molecular flexibility index (Phi) is 7.23. The fourth-order valence-electron chi connectivity index (χ4n) is 5.69. The molecule has 3 N–H and O–H groups in total. The summed E-state index contributed by atoms with van der Waals surface area (Å²) >= 11 is 0. The number of fused-ring (bicyclic) bond motifs is 1. The number of carbonyl (C=O) groups excluding carboxylic acids is 3. The first-order chi connectivity index (χ1) is 16.7. The standard InChI is InChI=1S/C26H35N5O4/c1-3-35-23(33)16-26(15-19-9-8-18(24(27)28)14-21(19)29-26)11-10-20-6-4-13-31(20)25(34)22-7-5-12-30(22)17(2)32/h8-9,14-15,20,22H,3-7,10-13,16H2,1-2H3,(H3,27,28)/t20-,22+,26?/m0/s1. The maximum absolute atomic E-state index is 13.4. The Morgan fingerprint density at radius 3 is 2.66 bits per heavy atom. The third kappa shape index (κ3) is 5.23. The topological polar surface area (TPSA) is 129 Å². The molecule has 1 aromatic rings. The van der Waals surface area contributed by atoms with Gasteiger partial charge in [0, 0.05) is 31.6 Å². The molecule has 3 aliphatic rings. The van der Waals surface area contributed by atoms with Crippen LogP contribution in [-0.2, 0) is 19.1 Å². The van der Waals surface area contributed by atoms with E-state index in [-0.39, 0.29) is 42.1 Å². The second kappa shape index (κ2) is 10.2. The van der Waals surface area contributed by atoms with Crippen molar-refractivity contribution in [3.8, 4) is 0 Å². The van der Waals surface area contributed by atoms with Gasteiger partial charge in [-0.3, -0.25) is 24.8 Å². The van der Waals surface area contributed by atoms with E-state index in [2.05, 4.69) is 0 Å². The van der Waals surface area contributed by atoms with E-state index in [1.807, 2.05) is 17.0 Å². The van der Waals surface area contributed by atoms with Crippen molar-refractivity contribution in [1.82, 2.24) is 9.80 Å². The monoisotopic (exact) mass is 481 g/mol. The normalized spacial score (nSPS) is 25.1. The van der Waals surface area contributed by atoms with E-state index in [0.29, 0.717) is 49.9 Å². The zero-order valence-electron chi connectivity index (χ0n) is 20.6. The number of hydrogen-bond acceptors (Lipinski definition) is 6. The Labute approximate surface area is 205 Å². The van der Waals surface area contributed by atoms with Crippen molar-refractivity contribution in [2.24, 2.45) is 10.7 Å². The summed E-state index contributed by atoms with van der Waals surface area (Å²) in [5.74, 6) is -0.347. The van der Waals surface area contributed by atoms with Crippen molar-refractivity contribution >= 4 is 29.7 Å². The molecule has 4 rings (SSSR count). The molecule has 9 nitrogen and oxygen atoms in total. The van der Waals surface area contributed by atoms with Crippen molar-refractivity contribution in [1.29, 1.82) is 5.41 Å². The first-order valence-corrected chi connectivity index (χ1v) is 12.5. The van der Waals surface area contributed by atoms with Crippen LogP contribution in [0.15, 0.2) is 23.2 Å². The van der Waals surface area contributed by atoms with Gasteiger partial charge in [-0.05, 0) is 62.8 Å². The van der Waals surface area contributed by atoms with E-state index < -0.39 is 5.54 Å². The van der Waals surface area contributed by atoms with Gasteiger partial charge in [0.1, 0.15) is 11.9 Å². The molecule has 0 radical (unpaired) electrons. The molecule has 9 heteroatoms. The van der Waals surface area contributed by atoms with Gasteiger partial charge in [0.25, 0.3) is 0 Å². The summed E-state index contributed by atoms with van der Waals surface area (Å²) in [7, 11) is 0. The van der Waals surface area contributed by atoms with Gasteiger partial charge in [0.05, 0.1) is 23.9 Å². The van der Waals surface area contributed by atoms with E-state index >= 15 is 0 Å². The number of hydrogen-bond donors (Lipinski definition) is 2. The average Bonchev–Trinajstić information content (AvgIpc) is 3.54. The second-order valence-electron chi connectivity index (χ2n) is 9.77. The predicted octanol–water partition coefficient (Wildman–Crippen LogP) is 0.858. The summed E-state index contributed by atoms with van der Waals surface area (Å²) in [6.07, 6.45) is 6.81. The number of nitrogens with one attached hydrogen (secondary N) is 1. The number of rotatable bonds is 8. The molecule has 2 saturated heterocycles. The lowest BCUT2D eigenvalue weighted by Gasteiger charge is -2.32. The lowest BCUT2D eigenvalue weighted by atomic mass is 9.88. The molecule has 188 valence electrons. The van der Waals surface area contributed by atoms with Gasteiger partial charge in [-0.2, -0.15) is 0 Å². The summed E-state index contributed by atoms with van der Waals surface area (Å²) in [5.41, 5.74) is 5.48. The second-order valence-corrected chi connectivity index (χ2v) is 9.77. The Morgan fingerprint density at radius 2 is 1.94 bits per heavy atom. The smallest absolute Gasteiger partial charge is 0.308 e. The highest BCUT2D eigenvalue weighted by Crippen LogP contribution is 2.32. The molecule has 0 bridgehead atoms. The fourth-order valence-corrected chi connectivity index (χ4v) is 5.69. The van der Waals surface area contributed by atoms with Gasteiger partial charge < -0.3 is 20.3 Å². The quantitative estimate of drug-likeness (QED) is 0.323. The van der Waals surface area contributed by atoms with Crippen LogP contribution in [0.5, 0.6) is 0 Å². The minimum Gasteiger partial charge on any atom is -0.466 e. The third-order valence-corrected chi connectivity index (χ3v) is 7.38. The molecule has 0 spiro atoms. The van der Waals surface area contributed by atoms with Crippen molar-refractivity contribution in [3.05, 3.63) is 34.3 Å². The van der Waals surface area contributed by atoms with Crippen molar-refractivity contribution in [2.45, 2.75) is 76.4 Å². The number of nitrogen functional groups attached to an aromatic ring is 1. The molecule has 3 aliphatic heterocycles. The number of amidine groups is 1. The zero-order chi connectivity index (χ0) is 25.2. The Morgan fingerprint density at radius 1 is 1.20 bits per heavy atom. The number of esters is 1. The van der Waals surface area contributed by atoms with E-state index in [4.69, 9.17) is 20.9 Å². The first kappa shape index (κ1) is 24.9. The molecule has 0 saturated carbocycles. The SMILES string of the molecule is CCOC(=O)CC1(CC[C@@H]2CCCN2C(=O)[C@H]2CCCN2C(C)=O)C=c2ccc(C(=N)N)cc2=N1. The third-order valence-electron chi connectivity index (χ3n) is 7.38. The van der Waals surface area contributed by atoms with Gasteiger partial charge in [0.2, 0.25) is 11.8 Å². The largest absolute Gasteiger partial charge is 0.466 e. The Hall–Kier alpha value is -3.23. The number of benzene rings is 1. The lowest BCUT2D eigenvalue weighted by molar-refractivity contribution is -0.144. The summed E-state index contributed by atoms with van der Waals surface area (Å²) in [6, 6.07) is 5.13. The number of ether oxygens (including phenoxy) is 1. The molecule has 35 heavy (non-hydrogen) atoms. The molecular weight excluding hydrogens is 446 g/mol. The van der Waals surface area contributed by atoms with Crippen molar-refractivity contribution in [2.75, 3.05) is 19.7 Å². The predicted molar refractivity (Wildman–Crippen MR) is 131 cm³/mol. The molecule has 1 unspecified atom stereocenters. The highest BCUT2D eigenvalue weighted by molar-refractivity contribution is 5.94. The van der Waals surface area contributed by atoms with Crippen LogP contribution in [-0.4, -0.2) is 70.7 Å². The van der Waals surface area contributed by atoms with Crippen molar-refractivity contribution in [3.63, 3.8) is 0 Å². The number of nitrogens with two attached hydrogens (primary N) is 1. The Balaban J connectivity index is 1.54. The highest BCUT2D eigenvalue weighted by atomic mass is 16.5. The van der Waals surface area contributed by atoms with Crippen LogP contribution in [0.1, 0.15) is 64.4 Å². The number of nitrogens with zero attached hydrogens (tertiary/aromatic N) is 3. The van der Waals surface area contributed by atoms with Gasteiger partial charge in [0.15, 0.2) is 0 Å². The minimum atomic E-state index is -0.764. The zero-order valence-corrected chi connectivity index (χ0v) is 20.6. The molecule has 2 amide bonds. The van der Waals surface area contributed by atoms with Gasteiger partial charge >= 0.3 is 5.97 Å². The summed E-state index contributed by atoms with van der Waals surface area (Å²) in [6.45, 7) is 4.94. The summed E-state index contributed by atoms with van der Waals surface area (Å²) in [4.78, 5) is 46.5. The molecule has 1 aromatic carbocycles. The summed E-state index contributed by atoms with van der Waals surface area (Å²) < 4.78 is 5.25. The van der Waals surface area contributed by atoms with Crippen LogP contribution in [0, 0.1) is 5.41 Å². The number of carbonyl (C=O) groups is 3. The van der Waals surface area contributed by atoms with E-state index in [1.54, 1.807) is 24.0 Å². The van der Waals surface area contributed by atoms with Gasteiger partial charge in [-0.1, -0.05) is 12.1 Å². The molecular formula is C26H35N5O4. The maximum Gasteiger partial charge on any atom is 0.308 e. The van der Waals surface area contributed by atoms with Crippen molar-refractivity contribution < 1.29 is 19.1 Å². The minimum absolute atomic E-state index is 0.0301. The number of likely N-dealkylation sites (tertiary alicyclic amines) is 2. The fraction of sp³-hybridized carbons (Fsp3) is 0.577. The van der Waals surface area contributed by atoms with Crippen LogP contribution < -0.4 is 16.3 Å². The molecule has 3 atom stereocenters.